The number of hydrogen-bond acceptors (Lipinski definition) is 3. The average molecular weight is 309 g/mol. The lowest BCUT2D eigenvalue weighted by Crippen LogP contribution is -2.30. The molecule has 3 N–H and O–H groups in total. The van der Waals surface area contributed by atoms with Gasteiger partial charge in [0.25, 0.3) is 5.91 Å². The molecule has 1 amide bonds. The molecule has 0 bridgehead atoms. The van der Waals surface area contributed by atoms with Crippen molar-refractivity contribution in [3.63, 3.8) is 0 Å². The number of benzene rings is 2. The van der Waals surface area contributed by atoms with Crippen LogP contribution >= 0.6 is 11.6 Å². The molecule has 0 spiro atoms. The summed E-state index contributed by atoms with van der Waals surface area (Å²) in [7, 11) is 0. The summed E-state index contributed by atoms with van der Waals surface area (Å²) in [5, 5.41) is 3.10. The van der Waals surface area contributed by atoms with E-state index in [0.717, 1.165) is 0 Å². The Morgan fingerprint density at radius 2 is 1.95 bits per heavy atom. The molecule has 0 aliphatic rings. The normalized spacial score (nSPS) is 11.8. The summed E-state index contributed by atoms with van der Waals surface area (Å²) in [5.74, 6) is -0.349. The lowest BCUT2D eigenvalue weighted by molar-refractivity contribution is -0.122. The van der Waals surface area contributed by atoms with Crippen molar-refractivity contribution in [1.29, 1.82) is 0 Å². The number of nitrogen functional groups attached to an aromatic ring is 1. The van der Waals surface area contributed by atoms with Crippen LogP contribution in [-0.2, 0) is 4.79 Å². The van der Waals surface area contributed by atoms with Gasteiger partial charge in [-0.1, -0.05) is 11.6 Å². The Morgan fingerprint density at radius 3 is 2.62 bits per heavy atom. The van der Waals surface area contributed by atoms with E-state index >= 15 is 0 Å². The quantitative estimate of drug-likeness (QED) is 0.850. The Bertz CT molecular complexity index is 647. The monoisotopic (exact) mass is 308 g/mol. The molecule has 0 heterocycles. The summed E-state index contributed by atoms with van der Waals surface area (Å²) in [6, 6.07) is 10.2. The number of amides is 1. The summed E-state index contributed by atoms with van der Waals surface area (Å²) in [5.41, 5.74) is 6.57. The van der Waals surface area contributed by atoms with Gasteiger partial charge in [-0.05, 0) is 49.4 Å². The molecule has 1 unspecified atom stereocenters. The van der Waals surface area contributed by atoms with E-state index in [1.807, 2.05) is 0 Å². The van der Waals surface area contributed by atoms with Crippen LogP contribution in [0.4, 0.5) is 15.8 Å². The summed E-state index contributed by atoms with van der Waals surface area (Å²) in [6.45, 7) is 1.58. The van der Waals surface area contributed by atoms with Crippen molar-refractivity contribution in [1.82, 2.24) is 0 Å². The maximum Gasteiger partial charge on any atom is 0.265 e. The van der Waals surface area contributed by atoms with Crippen LogP contribution in [0.5, 0.6) is 5.75 Å². The second kappa shape index (κ2) is 6.45. The first-order valence-electron chi connectivity index (χ1n) is 6.24. The SMILES string of the molecule is CC(Oc1ccc(F)cc1)C(=O)Nc1cc(Cl)ccc1N. The highest BCUT2D eigenvalue weighted by Crippen LogP contribution is 2.23. The van der Waals surface area contributed by atoms with Crippen LogP contribution in [0.25, 0.3) is 0 Å². The van der Waals surface area contributed by atoms with Crippen LogP contribution in [0.1, 0.15) is 6.92 Å². The number of rotatable bonds is 4. The summed E-state index contributed by atoms with van der Waals surface area (Å²) in [4.78, 5) is 12.0. The van der Waals surface area contributed by atoms with Gasteiger partial charge in [-0.25, -0.2) is 4.39 Å². The minimum Gasteiger partial charge on any atom is -0.481 e. The van der Waals surface area contributed by atoms with E-state index in [1.165, 1.54) is 24.3 Å². The van der Waals surface area contributed by atoms with Gasteiger partial charge in [0.2, 0.25) is 0 Å². The van der Waals surface area contributed by atoms with Gasteiger partial charge in [0.15, 0.2) is 6.10 Å². The first kappa shape index (κ1) is 15.1. The van der Waals surface area contributed by atoms with Crippen molar-refractivity contribution >= 4 is 28.9 Å². The molecule has 1 atom stereocenters. The highest BCUT2D eigenvalue weighted by atomic mass is 35.5. The Morgan fingerprint density at radius 1 is 1.29 bits per heavy atom. The topological polar surface area (TPSA) is 64.3 Å². The molecule has 0 aliphatic heterocycles. The minimum atomic E-state index is -0.770. The molecule has 0 aliphatic carbocycles. The summed E-state index contributed by atoms with van der Waals surface area (Å²) in [6.07, 6.45) is -0.770. The number of halogens is 2. The van der Waals surface area contributed by atoms with Crippen LogP contribution in [-0.4, -0.2) is 12.0 Å². The fourth-order valence-corrected chi connectivity index (χ4v) is 1.81. The van der Waals surface area contributed by atoms with Crippen molar-refractivity contribution in [3.05, 3.63) is 53.3 Å². The van der Waals surface area contributed by atoms with Crippen molar-refractivity contribution < 1.29 is 13.9 Å². The molecule has 110 valence electrons. The van der Waals surface area contributed by atoms with Crippen LogP contribution in [0.3, 0.4) is 0 Å². The standard InChI is InChI=1S/C15H14ClFN2O2/c1-9(21-12-5-3-11(17)4-6-12)15(20)19-14-8-10(16)2-7-13(14)18/h2-9H,18H2,1H3,(H,19,20). The fourth-order valence-electron chi connectivity index (χ4n) is 1.64. The highest BCUT2D eigenvalue weighted by molar-refractivity contribution is 6.31. The van der Waals surface area contributed by atoms with E-state index in [9.17, 15) is 9.18 Å². The second-order valence-corrected chi connectivity index (χ2v) is 4.87. The van der Waals surface area contributed by atoms with Crippen LogP contribution < -0.4 is 15.8 Å². The van der Waals surface area contributed by atoms with E-state index in [0.29, 0.717) is 22.1 Å². The van der Waals surface area contributed by atoms with Gasteiger partial charge in [-0.2, -0.15) is 0 Å². The third kappa shape index (κ3) is 4.10. The third-order valence-corrected chi connectivity index (χ3v) is 3.00. The van der Waals surface area contributed by atoms with Crippen LogP contribution in [0, 0.1) is 5.82 Å². The molecule has 0 fully saturated rings. The van der Waals surface area contributed by atoms with Crippen molar-refractivity contribution in [2.24, 2.45) is 0 Å². The van der Waals surface area contributed by atoms with Gasteiger partial charge in [0, 0.05) is 5.02 Å². The lowest BCUT2D eigenvalue weighted by Gasteiger charge is -2.15. The van der Waals surface area contributed by atoms with Gasteiger partial charge in [-0.15, -0.1) is 0 Å². The summed E-state index contributed by atoms with van der Waals surface area (Å²) >= 11 is 5.85. The Kier molecular flexibility index (Phi) is 4.65. The number of ether oxygens (including phenoxy) is 1. The van der Waals surface area contributed by atoms with E-state index in [2.05, 4.69) is 5.32 Å². The van der Waals surface area contributed by atoms with Gasteiger partial charge in [0.05, 0.1) is 11.4 Å². The zero-order chi connectivity index (χ0) is 15.4. The third-order valence-electron chi connectivity index (χ3n) is 2.77. The van der Waals surface area contributed by atoms with E-state index in [1.54, 1.807) is 25.1 Å². The molecule has 2 aromatic carbocycles. The largest absolute Gasteiger partial charge is 0.481 e. The molecule has 0 saturated heterocycles. The molecular formula is C15H14ClFN2O2. The Hall–Kier alpha value is -2.27. The maximum absolute atomic E-state index is 12.8. The lowest BCUT2D eigenvalue weighted by atomic mass is 10.2. The number of nitrogens with one attached hydrogen (secondary N) is 1. The van der Waals surface area contributed by atoms with Crippen LogP contribution in [0.15, 0.2) is 42.5 Å². The predicted molar refractivity (Wildman–Crippen MR) is 81.0 cm³/mol. The van der Waals surface area contributed by atoms with Gasteiger partial charge in [0.1, 0.15) is 11.6 Å². The minimum absolute atomic E-state index is 0.369. The zero-order valence-corrected chi connectivity index (χ0v) is 12.0. The van der Waals surface area contributed by atoms with E-state index in [4.69, 9.17) is 22.1 Å². The first-order valence-corrected chi connectivity index (χ1v) is 6.61. The van der Waals surface area contributed by atoms with Gasteiger partial charge in [-0.3, -0.25) is 4.79 Å². The average Bonchev–Trinajstić information content (AvgIpc) is 2.45. The van der Waals surface area contributed by atoms with Gasteiger partial charge >= 0.3 is 0 Å². The predicted octanol–water partition coefficient (Wildman–Crippen LogP) is 3.47. The molecule has 4 nitrogen and oxygen atoms in total. The Labute approximate surface area is 126 Å². The number of carbonyl (C=O) groups excluding carboxylic acids is 1. The Balaban J connectivity index is 2.02. The second-order valence-electron chi connectivity index (χ2n) is 4.43. The molecule has 21 heavy (non-hydrogen) atoms. The number of anilines is 2. The number of carbonyl (C=O) groups is 1. The van der Waals surface area contributed by atoms with Crippen molar-refractivity contribution in [2.75, 3.05) is 11.1 Å². The molecule has 0 aromatic heterocycles. The highest BCUT2D eigenvalue weighted by Gasteiger charge is 2.16. The number of nitrogens with two attached hydrogens (primary N) is 1. The molecule has 0 saturated carbocycles. The van der Waals surface area contributed by atoms with Crippen molar-refractivity contribution in [2.45, 2.75) is 13.0 Å². The summed E-state index contributed by atoms with van der Waals surface area (Å²) < 4.78 is 18.2. The van der Waals surface area contributed by atoms with Gasteiger partial charge < -0.3 is 15.8 Å². The molecule has 2 aromatic rings. The van der Waals surface area contributed by atoms with Crippen LogP contribution in [0.2, 0.25) is 5.02 Å². The fraction of sp³-hybridized carbons (Fsp3) is 0.133. The van der Waals surface area contributed by atoms with E-state index in [-0.39, 0.29) is 11.7 Å². The first-order chi connectivity index (χ1) is 9.95. The van der Waals surface area contributed by atoms with E-state index < -0.39 is 6.10 Å². The maximum atomic E-state index is 12.8. The van der Waals surface area contributed by atoms with Crippen molar-refractivity contribution in [3.8, 4) is 5.75 Å². The zero-order valence-electron chi connectivity index (χ0n) is 11.3. The molecule has 6 heteroatoms. The molecule has 2 rings (SSSR count). The smallest absolute Gasteiger partial charge is 0.265 e. The molecular weight excluding hydrogens is 295 g/mol. The molecule has 0 radical (unpaired) electrons. The number of hydrogen-bond donors (Lipinski definition) is 2.